The van der Waals surface area contributed by atoms with Crippen molar-refractivity contribution in [1.29, 1.82) is 0 Å². The fourth-order valence-corrected chi connectivity index (χ4v) is 5.27. The van der Waals surface area contributed by atoms with E-state index in [0.717, 1.165) is 24.8 Å². The zero-order valence-electron chi connectivity index (χ0n) is 21.0. The maximum Gasteiger partial charge on any atom is 0.337 e. The van der Waals surface area contributed by atoms with E-state index in [2.05, 4.69) is 53.8 Å². The van der Waals surface area contributed by atoms with E-state index in [1.54, 1.807) is 0 Å². The van der Waals surface area contributed by atoms with E-state index >= 15 is 0 Å². The van der Waals surface area contributed by atoms with Crippen molar-refractivity contribution in [2.75, 3.05) is 20.2 Å². The molecule has 0 amide bonds. The number of carbonyl (C=O) groups excluding carboxylic acids is 1. The number of halogens is 1. The first kappa shape index (κ1) is 27.1. The minimum Gasteiger partial charge on any atom is -0.465 e. The number of hydrogen-bond acceptors (Lipinski definition) is 5. The lowest BCUT2D eigenvalue weighted by atomic mass is 10.1. The fourth-order valence-electron chi connectivity index (χ4n) is 4.13. The van der Waals surface area contributed by atoms with Crippen molar-refractivity contribution < 1.29 is 14.3 Å². The van der Waals surface area contributed by atoms with E-state index in [1.165, 1.54) is 28.0 Å². The smallest absolute Gasteiger partial charge is 0.337 e. The number of methoxy groups -OCH3 is 1. The average molecular weight is 534 g/mol. The molecule has 1 N–H and O–H groups in total. The number of carbonyl (C=O) groups is 1. The first-order chi connectivity index (χ1) is 18.1. The number of thiophene rings is 1. The Morgan fingerprint density at radius 2 is 1.86 bits per heavy atom. The Kier molecular flexibility index (Phi) is 10.3. The number of allylic oxidation sites excluding steroid dienone is 3. The lowest BCUT2D eigenvalue weighted by Crippen LogP contribution is -2.25. The number of rotatable bonds is 12. The van der Waals surface area contributed by atoms with E-state index in [4.69, 9.17) is 21.1 Å². The fraction of sp³-hybridized carbons (Fsp3) is 0.258. The van der Waals surface area contributed by atoms with Crippen LogP contribution >= 0.6 is 22.9 Å². The Balaban J connectivity index is 1.34. The van der Waals surface area contributed by atoms with Gasteiger partial charge in [0.15, 0.2) is 0 Å². The van der Waals surface area contributed by atoms with Crippen molar-refractivity contribution in [3.63, 3.8) is 0 Å². The summed E-state index contributed by atoms with van der Waals surface area (Å²) in [5.74, 6) is -0.326. The molecule has 0 radical (unpaired) electrons. The highest BCUT2D eigenvalue weighted by atomic mass is 35.5. The second-order valence-electron chi connectivity index (χ2n) is 8.88. The van der Waals surface area contributed by atoms with Gasteiger partial charge >= 0.3 is 5.97 Å². The molecule has 2 aromatic carbocycles. The van der Waals surface area contributed by atoms with Gasteiger partial charge in [0.05, 0.1) is 25.4 Å². The summed E-state index contributed by atoms with van der Waals surface area (Å²) in [5, 5.41) is 4.22. The minimum atomic E-state index is -0.326. The molecule has 1 aromatic heterocycles. The van der Waals surface area contributed by atoms with Crippen molar-refractivity contribution in [2.45, 2.75) is 32.0 Å². The highest BCUT2D eigenvalue weighted by Crippen LogP contribution is 2.25. The van der Waals surface area contributed by atoms with Gasteiger partial charge in [0.1, 0.15) is 0 Å². The van der Waals surface area contributed by atoms with E-state index in [9.17, 15) is 4.79 Å². The van der Waals surface area contributed by atoms with E-state index in [1.807, 2.05) is 53.8 Å². The second kappa shape index (κ2) is 14.1. The third-order valence-electron chi connectivity index (χ3n) is 6.15. The molecule has 0 bridgehead atoms. The zero-order chi connectivity index (χ0) is 25.9. The van der Waals surface area contributed by atoms with Gasteiger partial charge in [-0.15, -0.1) is 11.3 Å². The molecule has 1 aliphatic rings. The van der Waals surface area contributed by atoms with Crippen molar-refractivity contribution in [3.8, 4) is 0 Å². The third-order valence-corrected chi connectivity index (χ3v) is 7.50. The standard InChI is InChI=1S/C31H32ClNO3S/c1-35-31(34)25-10-5-9-24(13-15-25)20-33-21-30(26-11-6-12-27(32)19-26)36-22-29-18-17-28(37-29)16-14-23-7-3-2-4-8-23/h2-8,10-13,15,17-19,30,33H,9,14,16,20-22H2,1H3. The normalized spacial score (nSPS) is 14.0. The van der Waals surface area contributed by atoms with Gasteiger partial charge < -0.3 is 14.8 Å². The Hall–Kier alpha value is -2.96. The van der Waals surface area contributed by atoms with Gasteiger partial charge in [-0.1, -0.05) is 77.9 Å². The summed E-state index contributed by atoms with van der Waals surface area (Å²) in [4.78, 5) is 14.4. The quantitative estimate of drug-likeness (QED) is 0.254. The monoisotopic (exact) mass is 533 g/mol. The van der Waals surface area contributed by atoms with Gasteiger partial charge in [-0.05, 0) is 60.7 Å². The summed E-state index contributed by atoms with van der Waals surface area (Å²) in [6.07, 6.45) is 10.3. The molecule has 192 valence electrons. The predicted octanol–water partition coefficient (Wildman–Crippen LogP) is 7.02. The second-order valence-corrected chi connectivity index (χ2v) is 10.6. The van der Waals surface area contributed by atoms with Crippen LogP contribution in [-0.4, -0.2) is 26.2 Å². The molecule has 1 aliphatic carbocycles. The number of esters is 1. The molecule has 4 nitrogen and oxygen atoms in total. The van der Waals surface area contributed by atoms with Crippen molar-refractivity contribution in [3.05, 3.63) is 128 Å². The third kappa shape index (κ3) is 8.54. The number of nitrogens with one attached hydrogen (secondary N) is 1. The van der Waals surface area contributed by atoms with Crippen LogP contribution in [0.5, 0.6) is 0 Å². The Bertz CT molecular complexity index is 1260. The lowest BCUT2D eigenvalue weighted by Gasteiger charge is -2.19. The van der Waals surface area contributed by atoms with Crippen LogP contribution in [0.3, 0.4) is 0 Å². The molecule has 0 saturated heterocycles. The molecular formula is C31H32ClNO3S. The van der Waals surface area contributed by atoms with Crippen LogP contribution in [0.2, 0.25) is 5.02 Å². The molecule has 0 saturated carbocycles. The van der Waals surface area contributed by atoms with E-state index in [0.29, 0.717) is 30.3 Å². The van der Waals surface area contributed by atoms with Gasteiger partial charge in [-0.2, -0.15) is 0 Å². The largest absolute Gasteiger partial charge is 0.465 e. The summed E-state index contributed by atoms with van der Waals surface area (Å²) < 4.78 is 11.2. The van der Waals surface area contributed by atoms with Crippen LogP contribution in [0.15, 0.2) is 102 Å². The Labute approximate surface area is 228 Å². The molecule has 1 atom stereocenters. The molecule has 0 fully saturated rings. The SMILES string of the molecule is COC(=O)C1=CC=C(CNCC(OCc2ccc(CCc3ccccc3)s2)c2cccc(Cl)c2)CC=C1. The van der Waals surface area contributed by atoms with Crippen LogP contribution in [0, 0.1) is 0 Å². The zero-order valence-corrected chi connectivity index (χ0v) is 22.6. The van der Waals surface area contributed by atoms with Gasteiger partial charge in [-0.25, -0.2) is 4.79 Å². The number of ether oxygens (including phenoxy) is 2. The molecule has 37 heavy (non-hydrogen) atoms. The number of aryl methyl sites for hydroxylation is 2. The molecular weight excluding hydrogens is 502 g/mol. The first-order valence-electron chi connectivity index (χ1n) is 12.4. The van der Waals surface area contributed by atoms with Gasteiger partial charge in [-0.3, -0.25) is 0 Å². The van der Waals surface area contributed by atoms with Crippen LogP contribution in [0.1, 0.15) is 33.4 Å². The maximum atomic E-state index is 11.8. The summed E-state index contributed by atoms with van der Waals surface area (Å²) >= 11 is 8.10. The summed E-state index contributed by atoms with van der Waals surface area (Å²) in [6.45, 7) is 1.88. The number of benzene rings is 2. The van der Waals surface area contributed by atoms with E-state index in [-0.39, 0.29) is 12.1 Å². The summed E-state index contributed by atoms with van der Waals surface area (Å²) in [6, 6.07) is 22.8. The number of hydrogen-bond donors (Lipinski definition) is 1. The van der Waals surface area contributed by atoms with E-state index < -0.39 is 0 Å². The van der Waals surface area contributed by atoms with Gasteiger partial charge in [0.25, 0.3) is 0 Å². The van der Waals surface area contributed by atoms with Crippen LogP contribution in [0.25, 0.3) is 0 Å². The van der Waals surface area contributed by atoms with Crippen molar-refractivity contribution in [2.24, 2.45) is 0 Å². The Morgan fingerprint density at radius 1 is 1.03 bits per heavy atom. The Morgan fingerprint density at radius 3 is 2.68 bits per heavy atom. The molecule has 6 heteroatoms. The minimum absolute atomic E-state index is 0.142. The van der Waals surface area contributed by atoms with Crippen molar-refractivity contribution in [1.82, 2.24) is 5.32 Å². The maximum absolute atomic E-state index is 11.8. The highest BCUT2D eigenvalue weighted by Gasteiger charge is 2.14. The summed E-state index contributed by atoms with van der Waals surface area (Å²) in [7, 11) is 1.39. The highest BCUT2D eigenvalue weighted by molar-refractivity contribution is 7.11. The van der Waals surface area contributed by atoms with Gasteiger partial charge in [0, 0.05) is 27.9 Å². The van der Waals surface area contributed by atoms with Crippen LogP contribution in [0.4, 0.5) is 0 Å². The van der Waals surface area contributed by atoms with Crippen molar-refractivity contribution >= 4 is 28.9 Å². The molecule has 1 unspecified atom stereocenters. The first-order valence-corrected chi connectivity index (χ1v) is 13.6. The molecule has 3 aromatic rings. The van der Waals surface area contributed by atoms with Crippen LogP contribution < -0.4 is 5.32 Å². The predicted molar refractivity (Wildman–Crippen MR) is 152 cm³/mol. The van der Waals surface area contributed by atoms with Gasteiger partial charge in [0.2, 0.25) is 0 Å². The molecule has 0 aliphatic heterocycles. The topological polar surface area (TPSA) is 47.6 Å². The van der Waals surface area contributed by atoms with Crippen LogP contribution in [-0.2, 0) is 33.7 Å². The molecule has 4 rings (SSSR count). The molecule has 0 spiro atoms. The lowest BCUT2D eigenvalue weighted by molar-refractivity contribution is -0.135. The average Bonchev–Trinajstić information content (AvgIpc) is 3.25. The molecule has 1 heterocycles. The summed E-state index contributed by atoms with van der Waals surface area (Å²) in [5.41, 5.74) is 4.14.